The van der Waals surface area contributed by atoms with Gasteiger partial charge in [-0.05, 0) is 43.0 Å². The second kappa shape index (κ2) is 6.63. The summed E-state index contributed by atoms with van der Waals surface area (Å²) in [5.74, 6) is 0.152. The van der Waals surface area contributed by atoms with Gasteiger partial charge in [0.1, 0.15) is 11.5 Å². The second-order valence-electron chi connectivity index (χ2n) is 4.90. The third-order valence-electron chi connectivity index (χ3n) is 3.28. The Balaban J connectivity index is 1.87. The molecule has 21 heavy (non-hydrogen) atoms. The third-order valence-corrected chi connectivity index (χ3v) is 5.10. The van der Waals surface area contributed by atoms with Gasteiger partial charge in [-0.3, -0.25) is 0 Å². The Bertz CT molecular complexity index is 693. The third kappa shape index (κ3) is 4.23. The monoisotopic (exact) mass is 306 g/mol. The molecule has 0 radical (unpaired) electrons. The number of aryl methyl sites for hydroxylation is 1. The summed E-state index contributed by atoms with van der Waals surface area (Å²) in [6.45, 7) is 0. The van der Waals surface area contributed by atoms with Gasteiger partial charge < -0.3 is 10.2 Å². The highest BCUT2D eigenvalue weighted by molar-refractivity contribution is 7.91. The van der Waals surface area contributed by atoms with Gasteiger partial charge in [0.05, 0.1) is 10.6 Å². The Morgan fingerprint density at radius 3 is 2.29 bits per heavy atom. The fourth-order valence-electron chi connectivity index (χ4n) is 2.12. The summed E-state index contributed by atoms with van der Waals surface area (Å²) < 4.78 is 24.1. The summed E-state index contributed by atoms with van der Waals surface area (Å²) in [5.41, 5.74) is 0.713. The molecule has 2 N–H and O–H groups in total. The fourth-order valence-corrected chi connectivity index (χ4v) is 3.51. The van der Waals surface area contributed by atoms with Crippen LogP contribution >= 0.6 is 0 Å². The number of benzene rings is 2. The molecule has 4 nitrogen and oxygen atoms in total. The van der Waals surface area contributed by atoms with E-state index in [1.54, 1.807) is 36.4 Å². The minimum Gasteiger partial charge on any atom is -0.508 e. The van der Waals surface area contributed by atoms with Gasteiger partial charge in [-0.15, -0.1) is 0 Å². The average molecular weight is 306 g/mol. The molecule has 0 heterocycles. The summed E-state index contributed by atoms with van der Waals surface area (Å²) in [7, 11) is -3.23. The van der Waals surface area contributed by atoms with Gasteiger partial charge >= 0.3 is 0 Å². The summed E-state index contributed by atoms with van der Waals surface area (Å²) >= 11 is 0. The van der Waals surface area contributed by atoms with Gasteiger partial charge in [0.2, 0.25) is 0 Å². The maximum absolute atomic E-state index is 12.1. The maximum atomic E-state index is 12.1. The molecule has 0 aromatic heterocycles. The zero-order valence-corrected chi connectivity index (χ0v) is 12.4. The number of aromatic hydroxyl groups is 2. The van der Waals surface area contributed by atoms with E-state index in [4.69, 9.17) is 0 Å². The van der Waals surface area contributed by atoms with Crippen molar-refractivity contribution in [3.63, 3.8) is 0 Å². The van der Waals surface area contributed by atoms with Gasteiger partial charge in [0.25, 0.3) is 0 Å². The first kappa shape index (κ1) is 15.4. The molecular weight excluding hydrogens is 288 g/mol. The van der Waals surface area contributed by atoms with Crippen molar-refractivity contribution in [2.45, 2.75) is 24.2 Å². The predicted octanol–water partition coefficient (Wildman–Crippen LogP) is 2.89. The molecule has 0 saturated heterocycles. The lowest BCUT2D eigenvalue weighted by atomic mass is 10.1. The summed E-state index contributed by atoms with van der Waals surface area (Å²) in [4.78, 5) is 0.345. The van der Waals surface area contributed by atoms with Crippen LogP contribution in [0.25, 0.3) is 0 Å². The van der Waals surface area contributed by atoms with Gasteiger partial charge in [-0.2, -0.15) is 0 Å². The molecule has 0 saturated carbocycles. The Kier molecular flexibility index (Phi) is 4.85. The van der Waals surface area contributed by atoms with Gasteiger partial charge in [0, 0.05) is 6.07 Å². The first-order valence-corrected chi connectivity index (χ1v) is 8.43. The lowest BCUT2D eigenvalue weighted by Gasteiger charge is -2.06. The molecular formula is C16H18O4S. The van der Waals surface area contributed by atoms with E-state index in [-0.39, 0.29) is 17.3 Å². The van der Waals surface area contributed by atoms with Crippen molar-refractivity contribution < 1.29 is 18.6 Å². The topological polar surface area (TPSA) is 74.6 Å². The lowest BCUT2D eigenvalue weighted by molar-refractivity contribution is 0.445. The average Bonchev–Trinajstić information content (AvgIpc) is 2.46. The number of rotatable bonds is 6. The standard InChI is InChI=1S/C16H18O4S/c17-14-10-9-13(16(18)12-14)6-4-5-11-21(19,20)15-7-2-1-3-8-15/h1-3,7-10,12,17-18H,4-6,11H2. The zero-order valence-electron chi connectivity index (χ0n) is 11.6. The first-order chi connectivity index (χ1) is 9.99. The molecule has 0 atom stereocenters. The van der Waals surface area contributed by atoms with Crippen LogP contribution in [0.1, 0.15) is 18.4 Å². The number of hydrogen-bond donors (Lipinski definition) is 2. The maximum Gasteiger partial charge on any atom is 0.178 e. The molecule has 0 aliphatic rings. The Morgan fingerprint density at radius 1 is 0.905 bits per heavy atom. The van der Waals surface area contributed by atoms with Crippen LogP contribution in [0.2, 0.25) is 0 Å². The van der Waals surface area contributed by atoms with Crippen LogP contribution in [0.3, 0.4) is 0 Å². The van der Waals surface area contributed by atoms with Crippen molar-refractivity contribution in [2.75, 3.05) is 5.75 Å². The molecule has 0 unspecified atom stereocenters. The number of phenols is 2. The molecule has 112 valence electrons. The molecule has 0 aliphatic heterocycles. The van der Waals surface area contributed by atoms with Crippen LogP contribution in [-0.4, -0.2) is 24.4 Å². The molecule has 0 amide bonds. The first-order valence-electron chi connectivity index (χ1n) is 6.78. The molecule has 2 rings (SSSR count). The largest absolute Gasteiger partial charge is 0.508 e. The number of hydrogen-bond acceptors (Lipinski definition) is 4. The van der Waals surface area contributed by atoms with Gasteiger partial charge in [0.15, 0.2) is 9.84 Å². The highest BCUT2D eigenvalue weighted by atomic mass is 32.2. The lowest BCUT2D eigenvalue weighted by Crippen LogP contribution is -2.07. The van der Waals surface area contributed by atoms with E-state index in [0.717, 1.165) is 0 Å². The molecule has 2 aromatic carbocycles. The van der Waals surface area contributed by atoms with Gasteiger partial charge in [-0.1, -0.05) is 24.3 Å². The SMILES string of the molecule is O=S(=O)(CCCCc1ccc(O)cc1O)c1ccccc1. The smallest absolute Gasteiger partial charge is 0.178 e. The predicted molar refractivity (Wildman–Crippen MR) is 81.2 cm³/mol. The normalized spacial score (nSPS) is 11.4. The second-order valence-corrected chi connectivity index (χ2v) is 7.01. The van der Waals surface area contributed by atoms with E-state index in [9.17, 15) is 18.6 Å². The Hall–Kier alpha value is -2.01. The van der Waals surface area contributed by atoms with Crippen molar-refractivity contribution in [3.8, 4) is 11.5 Å². The van der Waals surface area contributed by atoms with Crippen LogP contribution in [0, 0.1) is 0 Å². The molecule has 5 heteroatoms. The molecule has 0 fully saturated rings. The molecule has 0 bridgehead atoms. The quantitative estimate of drug-likeness (QED) is 0.805. The van der Waals surface area contributed by atoms with Crippen molar-refractivity contribution in [1.29, 1.82) is 0 Å². The number of unbranched alkanes of at least 4 members (excludes halogenated alkanes) is 1. The minimum atomic E-state index is -3.23. The van der Waals surface area contributed by atoms with Gasteiger partial charge in [-0.25, -0.2) is 8.42 Å². The van der Waals surface area contributed by atoms with Crippen LogP contribution in [0.15, 0.2) is 53.4 Å². The summed E-state index contributed by atoms with van der Waals surface area (Å²) in [6.07, 6.45) is 1.76. The van der Waals surface area contributed by atoms with Crippen molar-refractivity contribution in [1.82, 2.24) is 0 Å². The highest BCUT2D eigenvalue weighted by Crippen LogP contribution is 2.24. The van der Waals surface area contributed by atoms with Crippen LogP contribution in [0.5, 0.6) is 11.5 Å². The van der Waals surface area contributed by atoms with Crippen molar-refractivity contribution in [3.05, 3.63) is 54.1 Å². The molecule has 2 aromatic rings. The van der Waals surface area contributed by atoms with E-state index in [0.29, 0.717) is 29.7 Å². The Labute approximate surface area is 124 Å². The zero-order chi connectivity index (χ0) is 15.3. The highest BCUT2D eigenvalue weighted by Gasteiger charge is 2.13. The van der Waals surface area contributed by atoms with E-state index < -0.39 is 9.84 Å². The molecule has 0 aliphatic carbocycles. The van der Waals surface area contributed by atoms with Crippen molar-refractivity contribution in [2.24, 2.45) is 0 Å². The van der Waals surface area contributed by atoms with Crippen LogP contribution in [0.4, 0.5) is 0 Å². The van der Waals surface area contributed by atoms with E-state index in [1.165, 1.54) is 12.1 Å². The van der Waals surface area contributed by atoms with Crippen LogP contribution in [-0.2, 0) is 16.3 Å². The van der Waals surface area contributed by atoms with E-state index in [2.05, 4.69) is 0 Å². The van der Waals surface area contributed by atoms with Crippen molar-refractivity contribution >= 4 is 9.84 Å². The molecule has 0 spiro atoms. The Morgan fingerprint density at radius 2 is 1.62 bits per heavy atom. The van der Waals surface area contributed by atoms with Crippen LogP contribution < -0.4 is 0 Å². The number of phenolic OH excluding ortho intramolecular Hbond substituents is 2. The summed E-state index contributed by atoms with van der Waals surface area (Å²) in [6, 6.07) is 12.8. The summed E-state index contributed by atoms with van der Waals surface area (Å²) in [5, 5.41) is 18.9. The fraction of sp³-hybridized carbons (Fsp3) is 0.250. The van der Waals surface area contributed by atoms with E-state index >= 15 is 0 Å². The minimum absolute atomic E-state index is 0.0166. The number of sulfone groups is 1. The van der Waals surface area contributed by atoms with E-state index in [1.807, 2.05) is 0 Å².